The van der Waals surface area contributed by atoms with Gasteiger partial charge in [-0.25, -0.2) is 0 Å². The average molecular weight is 189 g/mol. The summed E-state index contributed by atoms with van der Waals surface area (Å²) in [6, 6.07) is 8.27. The third kappa shape index (κ3) is 3.61. The molecule has 0 fully saturated rings. The molecule has 1 rings (SSSR count). The Morgan fingerprint density at radius 1 is 1.43 bits per heavy atom. The molecule has 0 aliphatic carbocycles. The van der Waals surface area contributed by atoms with Crippen LogP contribution in [-0.4, -0.2) is 13.7 Å². The summed E-state index contributed by atoms with van der Waals surface area (Å²) >= 11 is 0. The first-order valence-corrected chi connectivity index (χ1v) is 4.57. The Hall–Kier alpha value is -1.30. The summed E-state index contributed by atoms with van der Waals surface area (Å²) in [4.78, 5) is 0. The number of hydrogen-bond donors (Lipinski definition) is 1. The first kappa shape index (κ1) is 10.8. The van der Waals surface area contributed by atoms with Gasteiger partial charge in [-0.3, -0.25) is 0 Å². The van der Waals surface area contributed by atoms with Crippen molar-refractivity contribution in [3.05, 3.63) is 35.4 Å². The predicted molar refractivity (Wildman–Crippen MR) is 57.7 cm³/mol. The van der Waals surface area contributed by atoms with Crippen molar-refractivity contribution in [1.29, 1.82) is 0 Å². The summed E-state index contributed by atoms with van der Waals surface area (Å²) < 4.78 is 5.06. The van der Waals surface area contributed by atoms with E-state index in [1.165, 1.54) is 11.1 Å². The molecule has 0 saturated heterocycles. The molecule has 1 aromatic rings. The van der Waals surface area contributed by atoms with Gasteiger partial charge in [0.1, 0.15) is 0 Å². The van der Waals surface area contributed by atoms with Crippen LogP contribution in [0.1, 0.15) is 11.1 Å². The van der Waals surface area contributed by atoms with Crippen molar-refractivity contribution in [1.82, 2.24) is 5.32 Å². The van der Waals surface area contributed by atoms with E-state index in [-0.39, 0.29) is 0 Å². The lowest BCUT2D eigenvalue weighted by Gasteiger charge is -2.04. The van der Waals surface area contributed by atoms with E-state index in [0.29, 0.717) is 13.2 Å². The average Bonchev–Trinajstić information content (AvgIpc) is 2.19. The molecule has 0 aromatic heterocycles. The van der Waals surface area contributed by atoms with Gasteiger partial charge >= 0.3 is 0 Å². The molecule has 74 valence electrons. The fraction of sp³-hybridized carbons (Fsp3) is 0.333. The van der Waals surface area contributed by atoms with Gasteiger partial charge in [-0.2, -0.15) is 0 Å². The van der Waals surface area contributed by atoms with Gasteiger partial charge in [-0.1, -0.05) is 30.2 Å². The number of nitrogens with one attached hydrogen (secondary N) is 1. The predicted octanol–water partition coefficient (Wildman–Crippen LogP) is 1.56. The van der Waals surface area contributed by atoms with E-state index in [4.69, 9.17) is 11.2 Å². The van der Waals surface area contributed by atoms with Crippen LogP contribution < -0.4 is 5.32 Å². The summed E-state index contributed by atoms with van der Waals surface area (Å²) in [5, 5.41) is 3.14. The Balaban J connectivity index is 2.51. The van der Waals surface area contributed by atoms with Crippen molar-refractivity contribution < 1.29 is 4.74 Å². The molecule has 0 saturated carbocycles. The second kappa shape index (κ2) is 6.20. The normalized spacial score (nSPS) is 9.71. The van der Waals surface area contributed by atoms with Gasteiger partial charge in [0.2, 0.25) is 0 Å². The zero-order valence-corrected chi connectivity index (χ0v) is 8.42. The number of rotatable bonds is 5. The summed E-state index contributed by atoms with van der Waals surface area (Å²) in [7, 11) is 1.70. The number of benzene rings is 1. The van der Waals surface area contributed by atoms with Crippen LogP contribution in [0, 0.1) is 12.3 Å². The highest BCUT2D eigenvalue weighted by molar-refractivity contribution is 5.22. The van der Waals surface area contributed by atoms with E-state index in [9.17, 15) is 0 Å². The fourth-order valence-corrected chi connectivity index (χ4v) is 1.28. The first-order chi connectivity index (χ1) is 6.86. The summed E-state index contributed by atoms with van der Waals surface area (Å²) in [6.45, 7) is 2.07. The van der Waals surface area contributed by atoms with E-state index in [0.717, 1.165) is 6.54 Å². The molecule has 0 spiro atoms. The molecular weight excluding hydrogens is 174 g/mol. The highest BCUT2D eigenvalue weighted by Gasteiger charge is 1.94. The van der Waals surface area contributed by atoms with Crippen molar-refractivity contribution in [3.63, 3.8) is 0 Å². The molecule has 0 aliphatic rings. The van der Waals surface area contributed by atoms with Gasteiger partial charge in [0, 0.05) is 13.7 Å². The second-order valence-electron chi connectivity index (χ2n) is 3.06. The van der Waals surface area contributed by atoms with Gasteiger partial charge in [0.05, 0.1) is 13.2 Å². The third-order valence-corrected chi connectivity index (χ3v) is 1.86. The Kier molecular flexibility index (Phi) is 4.77. The molecule has 0 radical (unpaired) electrons. The molecule has 0 atom stereocenters. The van der Waals surface area contributed by atoms with Crippen LogP contribution in [0.4, 0.5) is 0 Å². The Labute approximate surface area is 85.3 Å². The quantitative estimate of drug-likeness (QED) is 0.560. The highest BCUT2D eigenvalue weighted by atomic mass is 16.5. The molecule has 0 heterocycles. The molecule has 0 amide bonds. The monoisotopic (exact) mass is 189 g/mol. The van der Waals surface area contributed by atoms with E-state index in [1.807, 2.05) is 12.1 Å². The van der Waals surface area contributed by atoms with Crippen molar-refractivity contribution in [2.24, 2.45) is 0 Å². The van der Waals surface area contributed by atoms with Crippen LogP contribution in [0.3, 0.4) is 0 Å². The summed E-state index contributed by atoms with van der Waals surface area (Å²) in [6.07, 6.45) is 5.14. The zero-order valence-electron chi connectivity index (χ0n) is 8.42. The number of ether oxygens (including phenoxy) is 1. The van der Waals surface area contributed by atoms with E-state index < -0.39 is 0 Å². The van der Waals surface area contributed by atoms with Crippen LogP contribution in [0.5, 0.6) is 0 Å². The minimum Gasteiger partial charge on any atom is -0.380 e. The van der Waals surface area contributed by atoms with Crippen LogP contribution in [0.25, 0.3) is 0 Å². The van der Waals surface area contributed by atoms with E-state index >= 15 is 0 Å². The van der Waals surface area contributed by atoms with E-state index in [1.54, 1.807) is 7.11 Å². The number of terminal acetylenes is 1. The molecule has 1 N–H and O–H groups in total. The van der Waals surface area contributed by atoms with Gasteiger partial charge in [-0.05, 0) is 11.1 Å². The summed E-state index contributed by atoms with van der Waals surface area (Å²) in [5.41, 5.74) is 2.42. The molecule has 2 heteroatoms. The second-order valence-corrected chi connectivity index (χ2v) is 3.06. The molecule has 14 heavy (non-hydrogen) atoms. The van der Waals surface area contributed by atoms with Gasteiger partial charge in [0.25, 0.3) is 0 Å². The first-order valence-electron chi connectivity index (χ1n) is 4.57. The van der Waals surface area contributed by atoms with Crippen molar-refractivity contribution in [2.45, 2.75) is 13.2 Å². The molecular formula is C12H15NO. The smallest absolute Gasteiger partial charge is 0.0713 e. The Bertz CT molecular complexity index is 314. The van der Waals surface area contributed by atoms with Crippen molar-refractivity contribution >= 4 is 0 Å². The lowest BCUT2D eigenvalue weighted by atomic mass is 10.1. The maximum atomic E-state index is 5.14. The van der Waals surface area contributed by atoms with E-state index in [2.05, 4.69) is 23.4 Å². The van der Waals surface area contributed by atoms with Crippen LogP contribution in [0.15, 0.2) is 24.3 Å². The zero-order chi connectivity index (χ0) is 10.2. The molecule has 0 aliphatic heterocycles. The standard InChI is InChI=1S/C12H15NO/c1-3-7-13-9-11-5-4-6-12(8-11)10-14-2/h1,4-6,8,13H,7,9-10H2,2H3. The SMILES string of the molecule is C#CCNCc1cccc(COC)c1. The molecule has 2 nitrogen and oxygen atoms in total. The Morgan fingerprint density at radius 3 is 2.93 bits per heavy atom. The fourth-order valence-electron chi connectivity index (χ4n) is 1.28. The molecule has 0 bridgehead atoms. The van der Waals surface area contributed by atoms with Gasteiger partial charge in [0.15, 0.2) is 0 Å². The maximum Gasteiger partial charge on any atom is 0.0713 e. The number of hydrogen-bond acceptors (Lipinski definition) is 2. The van der Waals surface area contributed by atoms with Crippen LogP contribution in [-0.2, 0) is 17.9 Å². The highest BCUT2D eigenvalue weighted by Crippen LogP contribution is 2.05. The topological polar surface area (TPSA) is 21.3 Å². The van der Waals surface area contributed by atoms with Crippen molar-refractivity contribution in [2.75, 3.05) is 13.7 Å². The number of methoxy groups -OCH3 is 1. The van der Waals surface area contributed by atoms with Crippen LogP contribution in [0.2, 0.25) is 0 Å². The molecule has 1 aromatic carbocycles. The van der Waals surface area contributed by atoms with Gasteiger partial charge < -0.3 is 10.1 Å². The maximum absolute atomic E-state index is 5.14. The minimum atomic E-state index is 0.606. The third-order valence-electron chi connectivity index (χ3n) is 1.86. The lowest BCUT2D eigenvalue weighted by Crippen LogP contribution is -2.13. The van der Waals surface area contributed by atoms with Crippen LogP contribution >= 0.6 is 0 Å². The van der Waals surface area contributed by atoms with Gasteiger partial charge in [-0.15, -0.1) is 6.42 Å². The lowest BCUT2D eigenvalue weighted by molar-refractivity contribution is 0.185. The minimum absolute atomic E-state index is 0.606. The largest absolute Gasteiger partial charge is 0.380 e. The van der Waals surface area contributed by atoms with Crippen molar-refractivity contribution in [3.8, 4) is 12.3 Å². The Morgan fingerprint density at radius 2 is 2.21 bits per heavy atom. The molecule has 0 unspecified atom stereocenters. The summed E-state index contributed by atoms with van der Waals surface area (Å²) in [5.74, 6) is 2.54.